The van der Waals surface area contributed by atoms with Crippen molar-refractivity contribution in [2.24, 2.45) is 0 Å². The Kier molecular flexibility index (Phi) is 21.9. The Morgan fingerprint density at radius 2 is 0.479 bits per heavy atom. The molecule has 0 saturated carbocycles. The number of aryl methyl sites for hydroxylation is 5. The van der Waals surface area contributed by atoms with Crippen molar-refractivity contribution in [1.82, 2.24) is 15.0 Å². The minimum absolute atomic E-state index is 0.891. The summed E-state index contributed by atoms with van der Waals surface area (Å²) in [6.45, 7) is 10.6. The van der Waals surface area contributed by atoms with Gasteiger partial charge in [-0.15, -0.1) is 5.10 Å². The molecule has 3 heteroatoms. The molecule has 3 nitrogen and oxygen atoms in total. The number of nitrogens with zero attached hydrogens (tertiary/aromatic N) is 3. The fraction of sp³-hybridized carbons (Fsp3) is 0.0549. The normalized spacial score (nSPS) is 10.4. The minimum Gasteiger partial charge on any atom is -0.220 e. The van der Waals surface area contributed by atoms with E-state index in [0.717, 1.165) is 16.9 Å². The van der Waals surface area contributed by atoms with Gasteiger partial charge in [-0.2, -0.15) is 0 Å². The van der Waals surface area contributed by atoms with Crippen molar-refractivity contribution >= 4 is 0 Å². The highest BCUT2D eigenvalue weighted by atomic mass is 15.4. The molecular formula is C91H77N3. The molecule has 0 spiro atoms. The van der Waals surface area contributed by atoms with E-state index in [4.69, 9.17) is 0 Å². The number of para-hydroxylation sites is 1. The second kappa shape index (κ2) is 32.3. The van der Waals surface area contributed by atoms with Crippen molar-refractivity contribution < 1.29 is 0 Å². The predicted octanol–water partition coefficient (Wildman–Crippen LogP) is 24.6. The van der Waals surface area contributed by atoms with Crippen molar-refractivity contribution in [3.8, 4) is 106 Å². The molecule has 15 aromatic rings. The Morgan fingerprint density at radius 1 is 0.202 bits per heavy atom. The summed E-state index contributed by atoms with van der Waals surface area (Å²) in [5.41, 5.74) is 29.7. The van der Waals surface area contributed by atoms with Gasteiger partial charge in [-0.3, -0.25) is 0 Å². The van der Waals surface area contributed by atoms with Crippen LogP contribution in [0.3, 0.4) is 0 Å². The second-order valence-corrected chi connectivity index (χ2v) is 23.5. The second-order valence-electron chi connectivity index (χ2n) is 23.5. The highest BCUT2D eigenvalue weighted by molar-refractivity contribution is 5.76. The number of benzene rings is 14. The van der Waals surface area contributed by atoms with Crippen molar-refractivity contribution in [3.63, 3.8) is 0 Å². The third-order valence-electron chi connectivity index (χ3n) is 16.3. The van der Waals surface area contributed by atoms with Gasteiger partial charge in [0.1, 0.15) is 5.69 Å². The summed E-state index contributed by atoms with van der Waals surface area (Å²) >= 11 is 0. The molecule has 0 unspecified atom stereocenters. The van der Waals surface area contributed by atoms with E-state index in [0.29, 0.717) is 0 Å². The molecule has 15 rings (SSSR count). The van der Waals surface area contributed by atoms with Crippen LogP contribution in [0.2, 0.25) is 0 Å². The SMILES string of the molecule is Cc1cc(-c2ccccc2)ccc1-c1ccccc1.Cc1ccc(-c2ccc(-c3ccccc3)cc2)cc1.Cc1ccc(-c2cccc(-c3ccccc3)c2)cc1.Cc1cccc(-c2ccc(-c3ccccc3)cc2)c1.Cc1cccc(-c2cn(-c3ccccc3)nn2)c1. The van der Waals surface area contributed by atoms with Crippen molar-refractivity contribution in [3.05, 3.63) is 404 Å². The van der Waals surface area contributed by atoms with Crippen LogP contribution in [0.15, 0.2) is 376 Å². The lowest BCUT2D eigenvalue weighted by Crippen LogP contribution is -1.93. The maximum absolute atomic E-state index is 4.22. The molecule has 0 N–H and O–H groups in total. The van der Waals surface area contributed by atoms with Gasteiger partial charge >= 0.3 is 0 Å². The highest BCUT2D eigenvalue weighted by Crippen LogP contribution is 2.31. The molecule has 0 amide bonds. The first kappa shape index (κ1) is 63.8. The molecule has 0 aliphatic carbocycles. The van der Waals surface area contributed by atoms with E-state index in [1.54, 1.807) is 4.68 Å². The molecule has 0 bridgehead atoms. The average Bonchev–Trinajstić information content (AvgIpc) is 1.91. The molecule has 0 radical (unpaired) electrons. The smallest absolute Gasteiger partial charge is 0.113 e. The van der Waals surface area contributed by atoms with Crippen LogP contribution >= 0.6 is 0 Å². The molecule has 0 aliphatic rings. The first-order valence-corrected chi connectivity index (χ1v) is 32.1. The van der Waals surface area contributed by atoms with E-state index in [-0.39, 0.29) is 0 Å². The van der Waals surface area contributed by atoms with Crippen molar-refractivity contribution in [2.75, 3.05) is 0 Å². The van der Waals surface area contributed by atoms with Crippen molar-refractivity contribution in [2.45, 2.75) is 34.6 Å². The number of hydrogen-bond donors (Lipinski definition) is 0. The molecule has 0 aliphatic heterocycles. The molecule has 14 aromatic carbocycles. The van der Waals surface area contributed by atoms with Crippen LogP contribution in [-0.2, 0) is 0 Å². The lowest BCUT2D eigenvalue weighted by atomic mass is 9.96. The maximum Gasteiger partial charge on any atom is 0.113 e. The summed E-state index contributed by atoms with van der Waals surface area (Å²) in [5.74, 6) is 0. The Bertz CT molecular complexity index is 4740. The zero-order valence-electron chi connectivity index (χ0n) is 54.1. The van der Waals surface area contributed by atoms with Gasteiger partial charge in [0.25, 0.3) is 0 Å². The summed E-state index contributed by atoms with van der Waals surface area (Å²) in [6.07, 6.45) is 1.95. The van der Waals surface area contributed by atoms with Crippen LogP contribution in [0.1, 0.15) is 27.8 Å². The summed E-state index contributed by atoms with van der Waals surface area (Å²) in [6, 6.07) is 130. The first-order valence-electron chi connectivity index (χ1n) is 32.1. The molecule has 0 atom stereocenters. The summed E-state index contributed by atoms with van der Waals surface area (Å²) in [7, 11) is 0. The Balaban J connectivity index is 0.000000120. The molecule has 0 saturated heterocycles. The number of aromatic nitrogens is 3. The van der Waals surface area contributed by atoms with Gasteiger partial charge in [0, 0.05) is 5.56 Å². The Hall–Kier alpha value is -11.8. The van der Waals surface area contributed by atoms with Gasteiger partial charge in [0.2, 0.25) is 0 Å². The van der Waals surface area contributed by atoms with E-state index >= 15 is 0 Å². The van der Waals surface area contributed by atoms with Crippen molar-refractivity contribution in [1.29, 1.82) is 0 Å². The van der Waals surface area contributed by atoms with Gasteiger partial charge in [-0.25, -0.2) is 4.68 Å². The van der Waals surface area contributed by atoms with E-state index in [9.17, 15) is 0 Å². The molecule has 1 aromatic heterocycles. The van der Waals surface area contributed by atoms with Crippen LogP contribution in [0.25, 0.3) is 106 Å². The lowest BCUT2D eigenvalue weighted by molar-refractivity contribution is 0.804. The molecule has 94 heavy (non-hydrogen) atoms. The third-order valence-corrected chi connectivity index (χ3v) is 16.3. The van der Waals surface area contributed by atoms with E-state index in [2.05, 4.69) is 354 Å². The topological polar surface area (TPSA) is 30.7 Å². The Labute approximate surface area is 556 Å². The van der Waals surface area contributed by atoms with E-state index in [1.165, 1.54) is 117 Å². The van der Waals surface area contributed by atoms with Gasteiger partial charge in [0.05, 0.1) is 11.9 Å². The van der Waals surface area contributed by atoms with Crippen LogP contribution in [0.4, 0.5) is 0 Å². The standard InChI is InChI=1S/4C19H16.C15H13N3/c1-15-14-18(16-8-4-2-5-9-16)12-13-19(15)17-10-6-3-7-11-17;1-15-6-5-9-19(14-15)18-12-10-17(11-13-18)16-7-3-2-4-8-16;1-15-10-12-17(13-11-15)19-9-5-8-18(14-19)16-6-3-2-4-7-16;1-15-7-9-17(10-8-15)19-13-11-18(12-14-19)16-5-3-2-4-6-16;1-12-6-5-7-13(10-12)15-11-18(17-16-15)14-8-3-2-4-9-14/h4*2-14H,1H3;2-11H,1H3. The fourth-order valence-corrected chi connectivity index (χ4v) is 11.1. The van der Waals surface area contributed by atoms with E-state index < -0.39 is 0 Å². The van der Waals surface area contributed by atoms with E-state index in [1.807, 2.05) is 66.9 Å². The Morgan fingerprint density at radius 3 is 0.872 bits per heavy atom. The van der Waals surface area contributed by atoms with Crippen LogP contribution < -0.4 is 0 Å². The lowest BCUT2D eigenvalue weighted by Gasteiger charge is -2.09. The largest absolute Gasteiger partial charge is 0.220 e. The van der Waals surface area contributed by atoms with Gasteiger partial charge < -0.3 is 0 Å². The summed E-state index contributed by atoms with van der Waals surface area (Å²) < 4.78 is 1.79. The average molecular weight is 1210 g/mol. The third kappa shape index (κ3) is 17.8. The number of rotatable bonds is 10. The van der Waals surface area contributed by atoms with Crippen LogP contribution in [0.5, 0.6) is 0 Å². The molecular weight excluding hydrogens is 1140 g/mol. The maximum atomic E-state index is 4.22. The minimum atomic E-state index is 0.891. The fourth-order valence-electron chi connectivity index (χ4n) is 11.1. The quantitative estimate of drug-likeness (QED) is 0.137. The predicted molar refractivity (Wildman–Crippen MR) is 400 cm³/mol. The van der Waals surface area contributed by atoms with Gasteiger partial charge in [0.15, 0.2) is 0 Å². The van der Waals surface area contributed by atoms with Crippen LogP contribution in [0, 0.1) is 34.6 Å². The summed E-state index contributed by atoms with van der Waals surface area (Å²) in [5, 5.41) is 8.38. The first-order chi connectivity index (χ1) is 46.1. The number of hydrogen-bond acceptors (Lipinski definition) is 2. The molecule has 1 heterocycles. The van der Waals surface area contributed by atoms with Crippen LogP contribution in [-0.4, -0.2) is 15.0 Å². The van der Waals surface area contributed by atoms with Gasteiger partial charge in [-0.1, -0.05) is 373 Å². The monoisotopic (exact) mass is 1210 g/mol. The van der Waals surface area contributed by atoms with Gasteiger partial charge in [-0.05, 0) is 153 Å². The molecule has 0 fully saturated rings. The zero-order chi connectivity index (χ0) is 64.7. The summed E-state index contributed by atoms with van der Waals surface area (Å²) in [4.78, 5) is 0. The highest BCUT2D eigenvalue weighted by Gasteiger charge is 2.08. The molecule has 456 valence electrons. The zero-order valence-corrected chi connectivity index (χ0v) is 54.1.